The molecule has 1 saturated heterocycles. The summed E-state index contributed by atoms with van der Waals surface area (Å²) >= 11 is 1.26. The molecule has 0 aromatic carbocycles. The Morgan fingerprint density at radius 3 is 2.38 bits per heavy atom. The van der Waals surface area contributed by atoms with E-state index >= 15 is 0 Å². The second-order valence-electron chi connectivity index (χ2n) is 8.03. The maximum atomic E-state index is 13.0. The van der Waals surface area contributed by atoms with Crippen LogP contribution in [0.2, 0.25) is 0 Å². The standard InChI is InChI=1S/C20H29N3O5S/c1-11(2)27-18(25)15-16(19(26)28-12(3)4)23-14(24)10-29-20(23)22-17(15)21-13-8-6-5-7-9-13/h11-13,16,21H,5-10H2,1-4H3. The third-order valence-corrected chi connectivity index (χ3v) is 5.81. The summed E-state index contributed by atoms with van der Waals surface area (Å²) < 4.78 is 10.8. The second kappa shape index (κ2) is 9.19. The molecule has 29 heavy (non-hydrogen) atoms. The van der Waals surface area contributed by atoms with Crippen LogP contribution < -0.4 is 5.32 Å². The van der Waals surface area contributed by atoms with Crippen LogP contribution in [-0.2, 0) is 23.9 Å². The first kappa shape index (κ1) is 21.7. The molecule has 1 unspecified atom stereocenters. The predicted octanol–water partition coefficient (Wildman–Crippen LogP) is 2.34. The number of esters is 2. The monoisotopic (exact) mass is 423 g/mol. The van der Waals surface area contributed by atoms with Gasteiger partial charge in [-0.05, 0) is 40.5 Å². The Kier molecular flexibility index (Phi) is 6.87. The Bertz CT molecular complexity index is 740. The van der Waals surface area contributed by atoms with Crippen molar-refractivity contribution in [3.8, 4) is 0 Å². The van der Waals surface area contributed by atoms with Gasteiger partial charge in [0.15, 0.2) is 11.2 Å². The van der Waals surface area contributed by atoms with Crippen LogP contribution in [0, 0.1) is 0 Å². The number of carbonyl (C=O) groups excluding carboxylic acids is 3. The summed E-state index contributed by atoms with van der Waals surface area (Å²) in [6.45, 7) is 6.94. The molecule has 0 bridgehead atoms. The summed E-state index contributed by atoms with van der Waals surface area (Å²) in [7, 11) is 0. The average Bonchev–Trinajstić information content (AvgIpc) is 3.00. The highest BCUT2D eigenvalue weighted by Crippen LogP contribution is 2.33. The molecule has 3 aliphatic rings. The molecule has 9 heteroatoms. The van der Waals surface area contributed by atoms with Gasteiger partial charge >= 0.3 is 11.9 Å². The lowest BCUT2D eigenvalue weighted by Crippen LogP contribution is -2.52. The molecule has 1 aliphatic carbocycles. The van der Waals surface area contributed by atoms with E-state index in [0.29, 0.717) is 11.0 Å². The van der Waals surface area contributed by atoms with Crippen molar-refractivity contribution in [3.05, 3.63) is 11.4 Å². The van der Waals surface area contributed by atoms with Gasteiger partial charge in [0, 0.05) is 6.04 Å². The van der Waals surface area contributed by atoms with E-state index in [1.807, 2.05) is 0 Å². The summed E-state index contributed by atoms with van der Waals surface area (Å²) in [6, 6.07) is -1.02. The maximum Gasteiger partial charge on any atom is 0.340 e. The van der Waals surface area contributed by atoms with Crippen LogP contribution in [0.3, 0.4) is 0 Å². The van der Waals surface area contributed by atoms with Crippen LogP contribution in [0.4, 0.5) is 0 Å². The summed E-state index contributed by atoms with van der Waals surface area (Å²) in [6.07, 6.45) is 4.58. The van der Waals surface area contributed by atoms with Crippen LogP contribution in [0.5, 0.6) is 0 Å². The third-order valence-electron chi connectivity index (χ3n) is 4.88. The lowest BCUT2D eigenvalue weighted by atomic mass is 9.95. The highest BCUT2D eigenvalue weighted by atomic mass is 32.2. The van der Waals surface area contributed by atoms with E-state index in [2.05, 4.69) is 10.3 Å². The minimum absolute atomic E-state index is 0.0505. The molecule has 2 heterocycles. The van der Waals surface area contributed by atoms with E-state index in [-0.39, 0.29) is 35.5 Å². The van der Waals surface area contributed by atoms with E-state index < -0.39 is 18.0 Å². The molecule has 2 fully saturated rings. The number of aliphatic imine (C=N–C) groups is 1. The summed E-state index contributed by atoms with van der Waals surface area (Å²) in [5.41, 5.74) is 0.0505. The van der Waals surface area contributed by atoms with Gasteiger partial charge in [0.2, 0.25) is 5.91 Å². The van der Waals surface area contributed by atoms with Crippen molar-refractivity contribution in [2.24, 2.45) is 4.99 Å². The predicted molar refractivity (Wildman–Crippen MR) is 110 cm³/mol. The number of ether oxygens (including phenoxy) is 2. The Morgan fingerprint density at radius 1 is 1.10 bits per heavy atom. The Balaban J connectivity index is 2.03. The van der Waals surface area contributed by atoms with Crippen molar-refractivity contribution in [3.63, 3.8) is 0 Å². The van der Waals surface area contributed by atoms with Crippen molar-refractivity contribution in [1.29, 1.82) is 0 Å². The van der Waals surface area contributed by atoms with Crippen molar-refractivity contribution >= 4 is 34.8 Å². The number of amides is 1. The van der Waals surface area contributed by atoms with Gasteiger partial charge in [-0.2, -0.15) is 0 Å². The fourth-order valence-electron chi connectivity index (χ4n) is 3.68. The molecular formula is C20H29N3O5S. The first-order valence-electron chi connectivity index (χ1n) is 10.2. The topological polar surface area (TPSA) is 97.3 Å². The smallest absolute Gasteiger partial charge is 0.340 e. The van der Waals surface area contributed by atoms with E-state index in [1.54, 1.807) is 27.7 Å². The van der Waals surface area contributed by atoms with Gasteiger partial charge in [-0.15, -0.1) is 0 Å². The number of hydrogen-bond donors (Lipinski definition) is 1. The molecule has 1 amide bonds. The largest absolute Gasteiger partial charge is 0.461 e. The number of nitrogens with zero attached hydrogens (tertiary/aromatic N) is 2. The SMILES string of the molecule is CC(C)OC(=O)C1=C(NC2CCCCC2)N=C2SCC(=O)N2C1C(=O)OC(C)C. The van der Waals surface area contributed by atoms with E-state index in [0.717, 1.165) is 25.7 Å². The highest BCUT2D eigenvalue weighted by Gasteiger charge is 2.48. The number of nitrogens with one attached hydrogen (secondary N) is 1. The number of amidine groups is 1. The Labute approximate surface area is 175 Å². The molecular weight excluding hydrogens is 394 g/mol. The van der Waals surface area contributed by atoms with Gasteiger partial charge in [0.25, 0.3) is 0 Å². The summed E-state index contributed by atoms with van der Waals surface area (Å²) in [5, 5.41) is 3.78. The zero-order valence-electron chi connectivity index (χ0n) is 17.4. The van der Waals surface area contributed by atoms with E-state index in [4.69, 9.17) is 9.47 Å². The van der Waals surface area contributed by atoms with Gasteiger partial charge in [-0.3, -0.25) is 9.69 Å². The minimum atomic E-state index is -1.19. The normalized spacial score (nSPS) is 22.7. The van der Waals surface area contributed by atoms with E-state index in [1.165, 1.54) is 23.1 Å². The van der Waals surface area contributed by atoms with Crippen LogP contribution in [0.1, 0.15) is 59.8 Å². The lowest BCUT2D eigenvalue weighted by Gasteiger charge is -2.34. The van der Waals surface area contributed by atoms with Crippen molar-refractivity contribution in [2.45, 2.75) is 84.1 Å². The fraction of sp³-hybridized carbons (Fsp3) is 0.700. The first-order chi connectivity index (χ1) is 13.8. The van der Waals surface area contributed by atoms with Gasteiger partial charge in [0.05, 0.1) is 18.0 Å². The zero-order valence-corrected chi connectivity index (χ0v) is 18.2. The average molecular weight is 424 g/mol. The third kappa shape index (κ3) is 4.94. The minimum Gasteiger partial charge on any atom is -0.461 e. The molecule has 0 aromatic heterocycles. The van der Waals surface area contributed by atoms with Crippen molar-refractivity contribution in [1.82, 2.24) is 10.2 Å². The van der Waals surface area contributed by atoms with Gasteiger partial charge in [-0.1, -0.05) is 31.0 Å². The van der Waals surface area contributed by atoms with Gasteiger partial charge in [-0.25, -0.2) is 14.6 Å². The van der Waals surface area contributed by atoms with Crippen LogP contribution >= 0.6 is 11.8 Å². The van der Waals surface area contributed by atoms with Crippen molar-refractivity contribution < 1.29 is 23.9 Å². The fourth-order valence-corrected chi connectivity index (χ4v) is 4.58. The number of hydrogen-bond acceptors (Lipinski definition) is 8. The molecule has 160 valence electrons. The number of fused-ring (bicyclic) bond motifs is 1. The Morgan fingerprint density at radius 2 is 1.76 bits per heavy atom. The Hall–Kier alpha value is -2.03. The molecule has 0 spiro atoms. The quantitative estimate of drug-likeness (QED) is 0.655. The maximum absolute atomic E-state index is 13.0. The number of rotatable bonds is 6. The molecule has 8 nitrogen and oxygen atoms in total. The van der Waals surface area contributed by atoms with Crippen LogP contribution in [0.25, 0.3) is 0 Å². The van der Waals surface area contributed by atoms with Crippen LogP contribution in [-0.4, -0.2) is 58.0 Å². The van der Waals surface area contributed by atoms with E-state index in [9.17, 15) is 14.4 Å². The number of carbonyl (C=O) groups is 3. The molecule has 1 N–H and O–H groups in total. The molecule has 1 atom stereocenters. The van der Waals surface area contributed by atoms with Gasteiger partial charge < -0.3 is 14.8 Å². The molecule has 2 aliphatic heterocycles. The zero-order chi connectivity index (χ0) is 21.1. The number of thioether (sulfide) groups is 1. The highest BCUT2D eigenvalue weighted by molar-refractivity contribution is 8.15. The first-order valence-corrected chi connectivity index (χ1v) is 11.2. The molecule has 0 radical (unpaired) electrons. The molecule has 3 rings (SSSR count). The van der Waals surface area contributed by atoms with Gasteiger partial charge in [0.1, 0.15) is 11.4 Å². The lowest BCUT2D eigenvalue weighted by molar-refractivity contribution is -0.156. The van der Waals surface area contributed by atoms with Crippen molar-refractivity contribution in [2.75, 3.05) is 5.75 Å². The molecule has 1 saturated carbocycles. The molecule has 0 aromatic rings. The van der Waals surface area contributed by atoms with Crippen LogP contribution in [0.15, 0.2) is 16.4 Å². The second-order valence-corrected chi connectivity index (χ2v) is 8.97. The summed E-state index contributed by atoms with van der Waals surface area (Å²) in [5.74, 6) is -1.08. The summed E-state index contributed by atoms with van der Waals surface area (Å²) in [4.78, 5) is 44.3.